The van der Waals surface area contributed by atoms with Crippen molar-refractivity contribution in [3.63, 3.8) is 0 Å². The number of rotatable bonds is 0. The van der Waals surface area contributed by atoms with Crippen molar-refractivity contribution in [1.29, 1.82) is 0 Å². The summed E-state index contributed by atoms with van der Waals surface area (Å²) in [5.74, 6) is 6.19. The summed E-state index contributed by atoms with van der Waals surface area (Å²) in [6, 6.07) is 0. The molecule has 0 aromatic heterocycles. The quantitative estimate of drug-likeness (QED) is 0.402. The van der Waals surface area contributed by atoms with Crippen molar-refractivity contribution in [2.75, 3.05) is 0 Å². The summed E-state index contributed by atoms with van der Waals surface area (Å²) >= 11 is 0. The Bertz CT molecular complexity index is 82.3. The zero-order chi connectivity index (χ0) is 4.95. The molecule has 38 valence electrons. The van der Waals surface area contributed by atoms with E-state index in [4.69, 9.17) is 0 Å². The maximum atomic E-state index is 3.10. The predicted molar refractivity (Wildman–Crippen MR) is 30.9 cm³/mol. The highest BCUT2D eigenvalue weighted by Gasteiger charge is 1.87. The third kappa shape index (κ3) is 1.64. The van der Waals surface area contributed by atoms with Crippen molar-refractivity contribution in [3.8, 4) is 11.8 Å². The van der Waals surface area contributed by atoms with Gasteiger partial charge in [-0.25, -0.2) is 0 Å². The number of hydrogen-bond donors (Lipinski definition) is 0. The molecule has 0 bridgehead atoms. The van der Waals surface area contributed by atoms with Crippen LogP contribution in [0.2, 0.25) is 0 Å². The summed E-state index contributed by atoms with van der Waals surface area (Å²) in [7, 11) is 0. The summed E-state index contributed by atoms with van der Waals surface area (Å²) in [4.78, 5) is 0. The Balaban J connectivity index is 2.26. The van der Waals surface area contributed by atoms with Gasteiger partial charge in [0.15, 0.2) is 0 Å². The average molecular weight is 94.2 g/mol. The second-order valence-electron chi connectivity index (χ2n) is 1.91. The Morgan fingerprint density at radius 2 is 1.29 bits per heavy atom. The van der Waals surface area contributed by atoms with E-state index in [9.17, 15) is 0 Å². The van der Waals surface area contributed by atoms with E-state index in [1.807, 2.05) is 0 Å². The Hall–Kier alpha value is -0.440. The van der Waals surface area contributed by atoms with E-state index >= 15 is 0 Å². The standard InChI is InChI=1S/C7H10/c1-2-4-6-7-5-3-1/h1-5H2. The molecule has 0 aliphatic heterocycles. The van der Waals surface area contributed by atoms with Gasteiger partial charge in [0, 0.05) is 12.8 Å². The molecular weight excluding hydrogens is 84.1 g/mol. The van der Waals surface area contributed by atoms with E-state index in [0.29, 0.717) is 0 Å². The van der Waals surface area contributed by atoms with E-state index in [1.165, 1.54) is 19.3 Å². The summed E-state index contributed by atoms with van der Waals surface area (Å²) in [5, 5.41) is 0. The maximum absolute atomic E-state index is 3.10. The van der Waals surface area contributed by atoms with Crippen LogP contribution in [-0.2, 0) is 0 Å². The van der Waals surface area contributed by atoms with Gasteiger partial charge in [-0.1, -0.05) is 6.42 Å². The summed E-state index contributed by atoms with van der Waals surface area (Å²) in [6.45, 7) is 0. The van der Waals surface area contributed by atoms with Crippen molar-refractivity contribution >= 4 is 0 Å². The normalized spacial score (nSPS) is 19.4. The van der Waals surface area contributed by atoms with Crippen molar-refractivity contribution in [3.05, 3.63) is 0 Å². The highest BCUT2D eigenvalue weighted by molar-refractivity contribution is 5.00. The van der Waals surface area contributed by atoms with E-state index in [2.05, 4.69) is 11.8 Å². The van der Waals surface area contributed by atoms with Gasteiger partial charge >= 0.3 is 0 Å². The van der Waals surface area contributed by atoms with Gasteiger partial charge in [-0.15, -0.1) is 11.8 Å². The monoisotopic (exact) mass is 94.1 g/mol. The minimum atomic E-state index is 1.14. The Morgan fingerprint density at radius 1 is 0.714 bits per heavy atom. The van der Waals surface area contributed by atoms with E-state index < -0.39 is 0 Å². The van der Waals surface area contributed by atoms with Crippen LogP contribution in [0.4, 0.5) is 0 Å². The first-order valence-electron chi connectivity index (χ1n) is 2.96. The molecule has 0 heterocycles. The summed E-state index contributed by atoms with van der Waals surface area (Å²) in [6.07, 6.45) is 6.31. The third-order valence-electron chi connectivity index (χ3n) is 1.23. The van der Waals surface area contributed by atoms with Gasteiger partial charge in [0.1, 0.15) is 0 Å². The third-order valence-corrected chi connectivity index (χ3v) is 1.23. The minimum absolute atomic E-state index is 1.14. The van der Waals surface area contributed by atoms with Gasteiger partial charge in [0.2, 0.25) is 0 Å². The first-order valence-corrected chi connectivity index (χ1v) is 2.96. The van der Waals surface area contributed by atoms with Gasteiger partial charge < -0.3 is 0 Å². The molecule has 0 aromatic carbocycles. The number of hydrogen-bond acceptors (Lipinski definition) is 0. The molecule has 0 amide bonds. The molecule has 0 unspecified atom stereocenters. The van der Waals surface area contributed by atoms with Crippen molar-refractivity contribution < 1.29 is 0 Å². The fraction of sp³-hybridized carbons (Fsp3) is 0.714. The highest BCUT2D eigenvalue weighted by atomic mass is 13.9. The van der Waals surface area contributed by atoms with Crippen LogP contribution >= 0.6 is 0 Å². The molecule has 0 N–H and O–H groups in total. The SMILES string of the molecule is C1#CCCCCC1. The lowest BCUT2D eigenvalue weighted by Crippen LogP contribution is -1.68. The lowest BCUT2D eigenvalue weighted by Gasteiger charge is -1.85. The molecule has 0 aromatic rings. The molecule has 0 radical (unpaired) electrons. The Labute approximate surface area is 44.9 Å². The average Bonchev–Trinajstić information content (AvgIpc) is 1.90. The summed E-state index contributed by atoms with van der Waals surface area (Å²) < 4.78 is 0. The van der Waals surface area contributed by atoms with Crippen molar-refractivity contribution in [1.82, 2.24) is 0 Å². The fourth-order valence-corrected chi connectivity index (χ4v) is 0.780. The zero-order valence-electron chi connectivity index (χ0n) is 4.54. The van der Waals surface area contributed by atoms with E-state index in [-0.39, 0.29) is 0 Å². The van der Waals surface area contributed by atoms with Crippen LogP contribution in [0.25, 0.3) is 0 Å². The van der Waals surface area contributed by atoms with Gasteiger partial charge in [-0.3, -0.25) is 0 Å². The molecule has 0 fully saturated rings. The second-order valence-corrected chi connectivity index (χ2v) is 1.91. The Kier molecular flexibility index (Phi) is 1.81. The van der Waals surface area contributed by atoms with E-state index in [1.54, 1.807) is 0 Å². The molecule has 0 saturated heterocycles. The molecule has 0 nitrogen and oxygen atoms in total. The van der Waals surface area contributed by atoms with Crippen LogP contribution in [0, 0.1) is 11.8 Å². The fourth-order valence-electron chi connectivity index (χ4n) is 0.780. The second kappa shape index (κ2) is 2.69. The maximum Gasteiger partial charge on any atom is 0.00886 e. The van der Waals surface area contributed by atoms with Crippen molar-refractivity contribution in [2.24, 2.45) is 0 Å². The topological polar surface area (TPSA) is 0 Å². The lowest BCUT2D eigenvalue weighted by molar-refractivity contribution is 0.722. The molecule has 1 aliphatic carbocycles. The first-order chi connectivity index (χ1) is 3.50. The molecule has 0 saturated carbocycles. The van der Waals surface area contributed by atoms with Gasteiger partial charge in [-0.05, 0) is 12.8 Å². The van der Waals surface area contributed by atoms with Crippen LogP contribution in [-0.4, -0.2) is 0 Å². The summed E-state index contributed by atoms with van der Waals surface area (Å²) in [5.41, 5.74) is 0. The Morgan fingerprint density at radius 3 is 1.86 bits per heavy atom. The largest absolute Gasteiger partial charge is 0.103 e. The van der Waals surface area contributed by atoms with Crippen molar-refractivity contribution in [2.45, 2.75) is 32.1 Å². The molecule has 0 heteroatoms. The first kappa shape index (κ1) is 4.71. The van der Waals surface area contributed by atoms with Gasteiger partial charge in [0.25, 0.3) is 0 Å². The van der Waals surface area contributed by atoms with Gasteiger partial charge in [0.05, 0.1) is 0 Å². The van der Waals surface area contributed by atoms with Crippen LogP contribution in [0.15, 0.2) is 0 Å². The van der Waals surface area contributed by atoms with Crippen LogP contribution < -0.4 is 0 Å². The van der Waals surface area contributed by atoms with Crippen LogP contribution in [0.1, 0.15) is 32.1 Å². The molecular formula is C7H10. The van der Waals surface area contributed by atoms with Crippen LogP contribution in [0.3, 0.4) is 0 Å². The van der Waals surface area contributed by atoms with Gasteiger partial charge in [-0.2, -0.15) is 0 Å². The molecule has 1 aliphatic rings. The lowest BCUT2D eigenvalue weighted by atomic mass is 10.2. The molecule has 0 atom stereocenters. The zero-order valence-corrected chi connectivity index (χ0v) is 4.54. The molecule has 0 spiro atoms. The predicted octanol–water partition coefficient (Wildman–Crippen LogP) is 1.95. The van der Waals surface area contributed by atoms with Crippen LogP contribution in [0.5, 0.6) is 0 Å². The minimum Gasteiger partial charge on any atom is -0.103 e. The molecule has 1 rings (SSSR count). The van der Waals surface area contributed by atoms with E-state index in [0.717, 1.165) is 12.8 Å². The molecule has 7 heavy (non-hydrogen) atoms. The highest BCUT2D eigenvalue weighted by Crippen LogP contribution is 2.04. The smallest absolute Gasteiger partial charge is 0.00886 e.